The van der Waals surface area contributed by atoms with Gasteiger partial charge in [0.2, 0.25) is 10.0 Å². The van der Waals surface area contributed by atoms with Gasteiger partial charge < -0.3 is 5.11 Å². The number of aryl methyl sites for hydroxylation is 1. The summed E-state index contributed by atoms with van der Waals surface area (Å²) in [6.45, 7) is 1.92. The fraction of sp³-hybridized carbons (Fsp3) is 0.571. The van der Waals surface area contributed by atoms with Gasteiger partial charge in [0.1, 0.15) is 4.90 Å². The van der Waals surface area contributed by atoms with Crippen LogP contribution in [-0.2, 0) is 14.8 Å². The Morgan fingerprint density at radius 2 is 2.05 bits per heavy atom. The number of halogens is 1. The molecule has 0 saturated heterocycles. The second kappa shape index (κ2) is 6.93. The predicted molar refractivity (Wildman–Crippen MR) is 82.3 cm³/mol. The van der Waals surface area contributed by atoms with Gasteiger partial charge in [-0.05, 0) is 44.6 Å². The number of sulfonamides is 1. The van der Waals surface area contributed by atoms with Crippen LogP contribution in [0, 0.1) is 18.8 Å². The van der Waals surface area contributed by atoms with Gasteiger partial charge in [-0.15, -0.1) is 0 Å². The zero-order chi connectivity index (χ0) is 16.3. The SMILES string of the molecule is Cc1ncc(Cl)cc1S(=O)(=O)NCC1CCC(C(=O)O)CC1. The molecule has 1 fully saturated rings. The molecule has 0 aromatic carbocycles. The Hall–Kier alpha value is -1.18. The Balaban J connectivity index is 1.96. The fourth-order valence-electron chi connectivity index (χ4n) is 2.68. The third-order valence-corrected chi connectivity index (χ3v) is 5.80. The summed E-state index contributed by atoms with van der Waals surface area (Å²) in [6, 6.07) is 1.38. The number of rotatable bonds is 5. The van der Waals surface area contributed by atoms with E-state index in [9.17, 15) is 13.2 Å². The molecule has 6 nitrogen and oxygen atoms in total. The maximum absolute atomic E-state index is 12.3. The predicted octanol–water partition coefficient (Wildman–Crippen LogP) is 2.21. The van der Waals surface area contributed by atoms with Crippen molar-refractivity contribution in [1.29, 1.82) is 0 Å². The van der Waals surface area contributed by atoms with Crippen molar-refractivity contribution in [2.45, 2.75) is 37.5 Å². The molecule has 8 heteroatoms. The molecule has 1 aliphatic rings. The summed E-state index contributed by atoms with van der Waals surface area (Å²) in [5, 5.41) is 9.23. The van der Waals surface area contributed by atoms with E-state index in [-0.39, 0.29) is 21.8 Å². The van der Waals surface area contributed by atoms with Gasteiger partial charge >= 0.3 is 5.97 Å². The highest BCUT2D eigenvalue weighted by atomic mass is 35.5. The molecular weight excluding hydrogens is 328 g/mol. The zero-order valence-corrected chi connectivity index (χ0v) is 13.8. The van der Waals surface area contributed by atoms with Gasteiger partial charge in [-0.3, -0.25) is 9.78 Å². The number of carboxylic acids is 1. The number of aliphatic carboxylic acids is 1. The van der Waals surface area contributed by atoms with Gasteiger partial charge in [0.05, 0.1) is 16.6 Å². The maximum Gasteiger partial charge on any atom is 0.306 e. The van der Waals surface area contributed by atoms with Gasteiger partial charge in [-0.25, -0.2) is 13.1 Å². The molecule has 0 bridgehead atoms. The minimum atomic E-state index is -3.66. The molecule has 0 amide bonds. The van der Waals surface area contributed by atoms with Crippen LogP contribution in [0.15, 0.2) is 17.2 Å². The van der Waals surface area contributed by atoms with Crippen LogP contribution in [0.2, 0.25) is 5.02 Å². The standard InChI is InChI=1S/C14H19ClN2O4S/c1-9-13(6-12(15)8-16-9)22(20,21)17-7-10-2-4-11(5-3-10)14(18)19/h6,8,10-11,17H,2-5,7H2,1H3,(H,18,19). The summed E-state index contributed by atoms with van der Waals surface area (Å²) in [7, 11) is -3.66. The molecule has 0 spiro atoms. The van der Waals surface area contributed by atoms with E-state index in [4.69, 9.17) is 16.7 Å². The van der Waals surface area contributed by atoms with Crippen molar-refractivity contribution < 1.29 is 18.3 Å². The van der Waals surface area contributed by atoms with E-state index in [0.29, 0.717) is 37.9 Å². The number of aromatic nitrogens is 1. The molecule has 1 aliphatic carbocycles. The summed E-state index contributed by atoms with van der Waals surface area (Å²) in [6.07, 6.45) is 4.03. The van der Waals surface area contributed by atoms with Gasteiger partial charge in [0.25, 0.3) is 0 Å². The van der Waals surface area contributed by atoms with Gasteiger partial charge in [0.15, 0.2) is 0 Å². The van der Waals surface area contributed by atoms with Crippen LogP contribution in [0.5, 0.6) is 0 Å². The highest BCUT2D eigenvalue weighted by molar-refractivity contribution is 7.89. The summed E-state index contributed by atoms with van der Waals surface area (Å²) < 4.78 is 27.2. The lowest BCUT2D eigenvalue weighted by Crippen LogP contribution is -2.32. The zero-order valence-electron chi connectivity index (χ0n) is 12.3. The average molecular weight is 347 g/mol. The Labute approximate surface area is 134 Å². The molecule has 22 heavy (non-hydrogen) atoms. The molecule has 122 valence electrons. The van der Waals surface area contributed by atoms with E-state index in [0.717, 1.165) is 0 Å². The monoisotopic (exact) mass is 346 g/mol. The van der Waals surface area contributed by atoms with Crippen LogP contribution in [0.1, 0.15) is 31.4 Å². The van der Waals surface area contributed by atoms with Crippen LogP contribution in [-0.4, -0.2) is 31.0 Å². The normalized spacial score (nSPS) is 22.5. The molecule has 0 unspecified atom stereocenters. The summed E-state index contributed by atoms with van der Waals surface area (Å²) >= 11 is 5.81. The molecule has 0 radical (unpaired) electrons. The smallest absolute Gasteiger partial charge is 0.306 e. The van der Waals surface area contributed by atoms with Crippen molar-refractivity contribution in [3.05, 3.63) is 23.0 Å². The third-order valence-electron chi connectivity index (χ3n) is 4.05. The van der Waals surface area contributed by atoms with Crippen molar-refractivity contribution in [2.75, 3.05) is 6.54 Å². The Morgan fingerprint density at radius 1 is 1.41 bits per heavy atom. The topological polar surface area (TPSA) is 96.4 Å². The van der Waals surface area contributed by atoms with Crippen molar-refractivity contribution >= 4 is 27.6 Å². The number of hydrogen-bond donors (Lipinski definition) is 2. The first-order chi connectivity index (χ1) is 10.3. The molecule has 2 N–H and O–H groups in total. The first-order valence-corrected chi connectivity index (χ1v) is 9.00. The van der Waals surface area contributed by atoms with Crippen molar-refractivity contribution in [3.8, 4) is 0 Å². The number of nitrogens with one attached hydrogen (secondary N) is 1. The molecule has 1 aromatic heterocycles. The first kappa shape index (κ1) is 17.2. The van der Waals surface area contributed by atoms with Crippen LogP contribution < -0.4 is 4.72 Å². The van der Waals surface area contributed by atoms with E-state index in [2.05, 4.69) is 9.71 Å². The highest BCUT2D eigenvalue weighted by Gasteiger charge is 2.27. The van der Waals surface area contributed by atoms with E-state index >= 15 is 0 Å². The Kier molecular flexibility index (Phi) is 5.41. The molecule has 1 heterocycles. The van der Waals surface area contributed by atoms with Crippen molar-refractivity contribution in [2.24, 2.45) is 11.8 Å². The van der Waals surface area contributed by atoms with E-state index < -0.39 is 16.0 Å². The van der Waals surface area contributed by atoms with Crippen LogP contribution >= 0.6 is 11.6 Å². The van der Waals surface area contributed by atoms with E-state index in [1.807, 2.05) is 0 Å². The first-order valence-electron chi connectivity index (χ1n) is 7.14. The minimum absolute atomic E-state index is 0.0826. The summed E-state index contributed by atoms with van der Waals surface area (Å²) in [5.74, 6) is -0.898. The van der Waals surface area contributed by atoms with Gasteiger partial charge in [0, 0.05) is 12.7 Å². The largest absolute Gasteiger partial charge is 0.481 e. The fourth-order valence-corrected chi connectivity index (χ4v) is 4.24. The number of carbonyl (C=O) groups is 1. The summed E-state index contributed by atoms with van der Waals surface area (Å²) in [4.78, 5) is 14.9. The number of hydrogen-bond acceptors (Lipinski definition) is 4. The quantitative estimate of drug-likeness (QED) is 0.852. The average Bonchev–Trinajstić information content (AvgIpc) is 2.48. The van der Waals surface area contributed by atoms with Crippen molar-refractivity contribution in [1.82, 2.24) is 9.71 Å². The maximum atomic E-state index is 12.3. The lowest BCUT2D eigenvalue weighted by Gasteiger charge is -2.26. The molecule has 2 rings (SSSR count). The van der Waals surface area contributed by atoms with E-state index in [1.54, 1.807) is 6.92 Å². The lowest BCUT2D eigenvalue weighted by atomic mass is 9.82. The van der Waals surface area contributed by atoms with Crippen LogP contribution in [0.3, 0.4) is 0 Å². The van der Waals surface area contributed by atoms with Crippen LogP contribution in [0.4, 0.5) is 0 Å². The molecule has 0 atom stereocenters. The molecular formula is C14H19ClN2O4S. The minimum Gasteiger partial charge on any atom is -0.481 e. The van der Waals surface area contributed by atoms with Crippen LogP contribution in [0.25, 0.3) is 0 Å². The number of carboxylic acid groups (broad SMARTS) is 1. The molecule has 1 aromatic rings. The lowest BCUT2D eigenvalue weighted by molar-refractivity contribution is -0.143. The Morgan fingerprint density at radius 3 is 2.64 bits per heavy atom. The molecule has 0 aliphatic heterocycles. The second-order valence-electron chi connectivity index (χ2n) is 5.64. The van der Waals surface area contributed by atoms with Gasteiger partial charge in [-0.2, -0.15) is 0 Å². The molecule has 1 saturated carbocycles. The van der Waals surface area contributed by atoms with Gasteiger partial charge in [-0.1, -0.05) is 11.6 Å². The van der Waals surface area contributed by atoms with E-state index in [1.165, 1.54) is 12.3 Å². The highest BCUT2D eigenvalue weighted by Crippen LogP contribution is 2.29. The second-order valence-corrected chi connectivity index (χ2v) is 7.82. The van der Waals surface area contributed by atoms with Crippen molar-refractivity contribution in [3.63, 3.8) is 0 Å². The number of nitrogens with zero attached hydrogens (tertiary/aromatic N) is 1. The third kappa shape index (κ3) is 4.18. The Bertz CT molecular complexity index is 655. The number of pyridine rings is 1. The summed E-state index contributed by atoms with van der Waals surface area (Å²) in [5.41, 5.74) is 0.395.